The minimum Gasteiger partial charge on any atom is -0.201 e. The topological polar surface area (TPSA) is 98.8 Å². The van der Waals surface area contributed by atoms with Crippen molar-refractivity contribution in [3.8, 4) is 0 Å². The summed E-state index contributed by atoms with van der Waals surface area (Å²) in [5.41, 5.74) is 1.72. The van der Waals surface area contributed by atoms with Crippen molar-refractivity contribution >= 4 is 20.4 Å². The van der Waals surface area contributed by atoms with Crippen LogP contribution in [0.2, 0.25) is 0 Å². The summed E-state index contributed by atoms with van der Waals surface area (Å²) in [5.74, 6) is 0. The Morgan fingerprint density at radius 2 is 0.964 bits per heavy atom. The molecule has 0 saturated carbocycles. The van der Waals surface area contributed by atoms with E-state index in [1.165, 1.54) is 22.7 Å². The maximum absolute atomic E-state index is 12.3. The van der Waals surface area contributed by atoms with E-state index >= 15 is 0 Å². The van der Waals surface area contributed by atoms with Crippen molar-refractivity contribution < 1.29 is 16.8 Å². The molecular weight excluding hydrogens is 400 g/mol. The third-order valence-corrected chi connectivity index (χ3v) is 7.05. The molecule has 0 aromatic heterocycles. The van der Waals surface area contributed by atoms with E-state index in [2.05, 4.69) is 9.44 Å². The van der Waals surface area contributed by atoms with Crippen molar-refractivity contribution in [2.75, 3.05) is 27.2 Å². The smallest absolute Gasteiger partial charge is 0.201 e. The Morgan fingerprint density at radius 3 is 1.29 bits per heavy atom. The fourth-order valence-corrected chi connectivity index (χ4v) is 4.23. The fourth-order valence-electron chi connectivity index (χ4n) is 2.43. The van der Waals surface area contributed by atoms with Crippen LogP contribution in [0.4, 0.5) is 0 Å². The van der Waals surface area contributed by atoms with E-state index < -0.39 is 20.4 Å². The van der Waals surface area contributed by atoms with Gasteiger partial charge in [-0.2, -0.15) is 25.4 Å². The van der Waals surface area contributed by atoms with Crippen LogP contribution in [-0.4, -0.2) is 52.6 Å². The zero-order valence-corrected chi connectivity index (χ0v) is 17.6. The van der Waals surface area contributed by atoms with Crippen LogP contribution in [-0.2, 0) is 33.5 Å². The molecule has 0 unspecified atom stereocenters. The highest BCUT2D eigenvalue weighted by atomic mass is 32.2. The molecule has 0 radical (unpaired) electrons. The van der Waals surface area contributed by atoms with E-state index in [0.29, 0.717) is 0 Å². The van der Waals surface area contributed by atoms with Gasteiger partial charge in [0, 0.05) is 40.3 Å². The van der Waals surface area contributed by atoms with Crippen molar-refractivity contribution in [1.29, 1.82) is 0 Å². The minimum absolute atomic E-state index is 0.0557. The summed E-state index contributed by atoms with van der Waals surface area (Å²) in [5, 5.41) is 0. The molecule has 2 aromatic rings. The second-order valence-electron chi connectivity index (χ2n) is 6.28. The molecule has 0 saturated heterocycles. The van der Waals surface area contributed by atoms with Crippen molar-refractivity contribution in [3.05, 3.63) is 71.8 Å². The molecule has 0 amide bonds. The molecule has 0 atom stereocenters. The largest absolute Gasteiger partial charge is 0.279 e. The van der Waals surface area contributed by atoms with E-state index in [0.717, 1.165) is 11.1 Å². The molecule has 154 valence electrons. The number of benzene rings is 2. The van der Waals surface area contributed by atoms with Crippen LogP contribution in [0.3, 0.4) is 0 Å². The normalized spacial score (nSPS) is 12.6. The molecule has 10 heteroatoms. The number of nitrogens with one attached hydrogen (secondary N) is 2. The highest BCUT2D eigenvalue weighted by Crippen LogP contribution is 2.06. The molecule has 0 aliphatic carbocycles. The summed E-state index contributed by atoms with van der Waals surface area (Å²) in [7, 11) is -4.49. The lowest BCUT2D eigenvalue weighted by molar-refractivity contribution is 0.448. The van der Waals surface area contributed by atoms with Crippen LogP contribution in [0.15, 0.2) is 60.7 Å². The van der Waals surface area contributed by atoms with Gasteiger partial charge in [0.1, 0.15) is 0 Å². The molecular formula is C18H26N4O4S2. The predicted molar refractivity (Wildman–Crippen MR) is 110 cm³/mol. The second kappa shape index (κ2) is 10.1. The predicted octanol–water partition coefficient (Wildman–Crippen LogP) is 0.919. The van der Waals surface area contributed by atoms with Gasteiger partial charge in [0.2, 0.25) is 0 Å². The highest BCUT2D eigenvalue weighted by Gasteiger charge is 2.19. The monoisotopic (exact) mass is 426 g/mol. The van der Waals surface area contributed by atoms with Gasteiger partial charge in [0.15, 0.2) is 0 Å². The molecule has 2 rings (SSSR count). The van der Waals surface area contributed by atoms with Gasteiger partial charge in [-0.3, -0.25) is 0 Å². The molecule has 0 aliphatic rings. The van der Waals surface area contributed by atoms with Crippen LogP contribution in [0.25, 0.3) is 0 Å². The van der Waals surface area contributed by atoms with Crippen LogP contribution in [0.1, 0.15) is 11.1 Å². The zero-order valence-electron chi connectivity index (χ0n) is 15.9. The molecule has 0 bridgehead atoms. The summed E-state index contributed by atoms with van der Waals surface area (Å²) in [6.07, 6.45) is 0. The van der Waals surface area contributed by atoms with E-state index in [1.807, 2.05) is 60.7 Å². The van der Waals surface area contributed by atoms with E-state index in [-0.39, 0.29) is 26.2 Å². The first-order valence-corrected chi connectivity index (χ1v) is 11.6. The van der Waals surface area contributed by atoms with E-state index in [1.54, 1.807) is 0 Å². The van der Waals surface area contributed by atoms with Crippen LogP contribution >= 0.6 is 0 Å². The Labute approximate surface area is 167 Å². The first-order valence-electron chi connectivity index (χ1n) is 8.70. The summed E-state index contributed by atoms with van der Waals surface area (Å²) >= 11 is 0. The number of rotatable bonds is 11. The van der Waals surface area contributed by atoms with Gasteiger partial charge < -0.3 is 0 Å². The van der Waals surface area contributed by atoms with Gasteiger partial charge in [-0.25, -0.2) is 9.44 Å². The molecule has 2 N–H and O–H groups in total. The van der Waals surface area contributed by atoms with Crippen molar-refractivity contribution in [2.45, 2.75) is 13.1 Å². The van der Waals surface area contributed by atoms with Gasteiger partial charge >= 0.3 is 0 Å². The van der Waals surface area contributed by atoms with E-state index in [4.69, 9.17) is 0 Å². The SMILES string of the molecule is CN(Cc1ccccc1)S(=O)(=O)NCCNS(=O)(=O)N(C)Cc1ccccc1. The highest BCUT2D eigenvalue weighted by molar-refractivity contribution is 7.87. The van der Waals surface area contributed by atoms with Crippen LogP contribution < -0.4 is 9.44 Å². The number of hydrogen-bond donors (Lipinski definition) is 2. The maximum atomic E-state index is 12.3. The second-order valence-corrected chi connectivity index (χ2v) is 10.0. The third-order valence-electron chi connectivity index (χ3n) is 4.01. The van der Waals surface area contributed by atoms with Crippen LogP contribution in [0, 0.1) is 0 Å². The lowest BCUT2D eigenvalue weighted by Crippen LogP contribution is -2.44. The van der Waals surface area contributed by atoms with Gasteiger partial charge in [-0.05, 0) is 11.1 Å². The standard InChI is InChI=1S/C18H26N4O4S2/c1-21(15-17-9-5-3-6-10-17)27(23,24)19-13-14-20-28(25,26)22(2)16-18-11-7-4-8-12-18/h3-12,19-20H,13-16H2,1-2H3. The Hall–Kier alpha value is -1.82. The molecule has 2 aromatic carbocycles. The van der Waals surface area contributed by atoms with E-state index in [9.17, 15) is 16.8 Å². The van der Waals surface area contributed by atoms with Crippen molar-refractivity contribution in [1.82, 2.24) is 18.1 Å². The molecule has 8 nitrogen and oxygen atoms in total. The van der Waals surface area contributed by atoms with Gasteiger partial charge in [-0.15, -0.1) is 0 Å². The number of hydrogen-bond acceptors (Lipinski definition) is 4. The van der Waals surface area contributed by atoms with Gasteiger partial charge in [-0.1, -0.05) is 60.7 Å². The zero-order chi connectivity index (χ0) is 20.6. The third kappa shape index (κ3) is 6.97. The number of nitrogens with zero attached hydrogens (tertiary/aromatic N) is 2. The van der Waals surface area contributed by atoms with Crippen molar-refractivity contribution in [2.24, 2.45) is 0 Å². The Balaban J connectivity index is 1.80. The molecule has 0 aliphatic heterocycles. The average molecular weight is 427 g/mol. The Morgan fingerprint density at radius 1 is 0.643 bits per heavy atom. The lowest BCUT2D eigenvalue weighted by atomic mass is 10.2. The fraction of sp³-hybridized carbons (Fsp3) is 0.333. The van der Waals surface area contributed by atoms with Crippen molar-refractivity contribution in [3.63, 3.8) is 0 Å². The first kappa shape index (κ1) is 22.5. The van der Waals surface area contributed by atoms with Gasteiger partial charge in [0.05, 0.1) is 0 Å². The molecule has 0 fully saturated rings. The first-order chi connectivity index (χ1) is 13.2. The molecule has 28 heavy (non-hydrogen) atoms. The Kier molecular flexibility index (Phi) is 8.10. The lowest BCUT2D eigenvalue weighted by Gasteiger charge is -2.19. The Bertz CT molecular complexity index is 857. The molecule has 0 spiro atoms. The summed E-state index contributed by atoms with van der Waals surface area (Å²) in [6.45, 7) is 0.336. The minimum atomic E-state index is -3.71. The maximum Gasteiger partial charge on any atom is 0.279 e. The molecule has 0 heterocycles. The summed E-state index contributed by atoms with van der Waals surface area (Å²) in [6, 6.07) is 18.4. The average Bonchev–Trinajstić information content (AvgIpc) is 2.67. The summed E-state index contributed by atoms with van der Waals surface area (Å²) < 4.78 is 56.2. The van der Waals surface area contributed by atoms with Gasteiger partial charge in [0.25, 0.3) is 20.4 Å². The summed E-state index contributed by atoms with van der Waals surface area (Å²) in [4.78, 5) is 0. The quantitative estimate of drug-likeness (QED) is 0.522. The van der Waals surface area contributed by atoms with Crippen LogP contribution in [0.5, 0.6) is 0 Å².